The first-order valence-corrected chi connectivity index (χ1v) is 18.7. The van der Waals surface area contributed by atoms with Gasteiger partial charge in [0.2, 0.25) is 12.3 Å². The first-order valence-electron chi connectivity index (χ1n) is 18.7. The molecule has 0 fully saturated rings. The number of benzene rings is 2. The molecule has 19 heteroatoms. The van der Waals surface area contributed by atoms with E-state index in [4.69, 9.17) is 24.2 Å². The lowest BCUT2D eigenvalue weighted by Gasteiger charge is -2.32. The maximum absolute atomic E-state index is 14.0. The number of carboxylic acid groups (broad SMARTS) is 3. The Morgan fingerprint density at radius 1 is 0.881 bits per heavy atom. The molecule has 0 radical (unpaired) electrons. The van der Waals surface area contributed by atoms with Gasteiger partial charge in [0.05, 0.1) is 36.2 Å². The van der Waals surface area contributed by atoms with Crippen molar-refractivity contribution < 1.29 is 72.1 Å². The lowest BCUT2D eigenvalue weighted by atomic mass is 9.90. The number of carbonyl (C=O) groups excluding carboxylic acids is 5. The lowest BCUT2D eigenvalue weighted by Crippen LogP contribution is -2.49. The van der Waals surface area contributed by atoms with Gasteiger partial charge in [0.15, 0.2) is 12.4 Å². The van der Waals surface area contributed by atoms with E-state index in [0.717, 1.165) is 30.0 Å². The van der Waals surface area contributed by atoms with Crippen molar-refractivity contribution in [3.05, 3.63) is 76.8 Å². The van der Waals surface area contributed by atoms with Crippen molar-refractivity contribution in [2.45, 2.75) is 84.2 Å². The number of halogens is 1. The fourth-order valence-electron chi connectivity index (χ4n) is 6.04. The second-order valence-electron chi connectivity index (χ2n) is 13.6. The third-order valence-electron chi connectivity index (χ3n) is 9.00. The van der Waals surface area contributed by atoms with Crippen LogP contribution in [0.4, 0.5) is 4.39 Å². The molecule has 6 N–H and O–H groups in total. The molecule has 3 rings (SSSR count). The molecule has 0 saturated carbocycles. The second kappa shape index (κ2) is 22.2. The molecule has 4 amide bonds. The molecule has 1 aromatic heterocycles. The minimum absolute atomic E-state index is 0.0621. The molecule has 1 heterocycles. The monoisotopic (exact) mass is 826 g/mol. The average Bonchev–Trinajstić information content (AvgIpc) is 3.69. The molecule has 0 spiro atoms. The predicted molar refractivity (Wildman–Crippen MR) is 204 cm³/mol. The van der Waals surface area contributed by atoms with Crippen LogP contribution >= 0.6 is 0 Å². The highest BCUT2D eigenvalue weighted by Gasteiger charge is 2.34. The quantitative estimate of drug-likeness (QED) is 0.0318. The van der Waals surface area contributed by atoms with E-state index in [9.17, 15) is 47.9 Å². The molecule has 59 heavy (non-hydrogen) atoms. The van der Waals surface area contributed by atoms with Crippen LogP contribution in [-0.2, 0) is 28.8 Å². The van der Waals surface area contributed by atoms with Crippen molar-refractivity contribution in [1.29, 1.82) is 0 Å². The summed E-state index contributed by atoms with van der Waals surface area (Å²) in [5.41, 5.74) is 0.338. The smallest absolute Gasteiger partial charge is 0.363 e. The number of unbranched alkanes of at least 4 members (excludes halogenated alkanes) is 2. The highest BCUT2D eigenvalue weighted by molar-refractivity contribution is 6.00. The fourth-order valence-corrected chi connectivity index (χ4v) is 6.04. The highest BCUT2D eigenvalue weighted by Crippen LogP contribution is 2.30. The highest BCUT2D eigenvalue weighted by atomic mass is 19.1. The summed E-state index contributed by atoms with van der Waals surface area (Å²) in [6.45, 7) is 5.95. The summed E-state index contributed by atoms with van der Waals surface area (Å²) in [5.74, 6) is -9.88. The summed E-state index contributed by atoms with van der Waals surface area (Å²) in [4.78, 5) is 104. The normalized spacial score (nSPS) is 12.4. The molecule has 0 aliphatic rings. The molecule has 0 aliphatic heterocycles. The van der Waals surface area contributed by atoms with Crippen LogP contribution in [0.15, 0.2) is 52.9 Å². The van der Waals surface area contributed by atoms with E-state index in [0.29, 0.717) is 24.8 Å². The number of furan rings is 1. The number of hydrogen-bond donors (Lipinski definition) is 6. The number of carbonyl (C=O) groups is 8. The standard InChI is InChI=1S/C40H47FN4O14/c1-5-7-8-9-26(30(6-2)45(21-46)59-40(56)25-13-11-24(41)17-28(25)22(3)4)36(51)42-20-43-38(53)32-15-14-31(58-32)23-10-12-27(33(16-23)57-19-35(49)50)37(52)44-29(39(54)55)18-34(47)48/h10-17,21-22,26,29-30H,5-9,18-20H2,1-4H3,(H,42,51)(H,43,53)(H,44,52)(H,47,48)(H,49,50)(H,54,55)/t26?,29?,30-/m1/s1. The van der Waals surface area contributed by atoms with Crippen LogP contribution in [0, 0.1) is 11.7 Å². The molecule has 0 bridgehead atoms. The zero-order chi connectivity index (χ0) is 43.8. The van der Waals surface area contributed by atoms with Crippen molar-refractivity contribution in [3.8, 4) is 17.1 Å². The molecule has 0 aliphatic carbocycles. The number of hydrogen-bond acceptors (Lipinski definition) is 11. The molecule has 18 nitrogen and oxygen atoms in total. The van der Waals surface area contributed by atoms with Crippen LogP contribution in [0.5, 0.6) is 5.75 Å². The van der Waals surface area contributed by atoms with Crippen molar-refractivity contribution >= 4 is 48.0 Å². The van der Waals surface area contributed by atoms with E-state index in [1.807, 2.05) is 6.92 Å². The number of nitrogens with zero attached hydrogens (tertiary/aromatic N) is 1. The maximum Gasteiger partial charge on any atom is 0.363 e. The van der Waals surface area contributed by atoms with E-state index in [1.165, 1.54) is 36.4 Å². The van der Waals surface area contributed by atoms with Crippen molar-refractivity contribution in [3.63, 3.8) is 0 Å². The number of carboxylic acids is 3. The molecule has 2 aromatic carbocycles. The topological polar surface area (TPSA) is 268 Å². The SMILES string of the molecule is CCCCCC(C(=O)NCNC(=O)c1ccc(-c2ccc(C(=O)NC(CC(=O)O)C(=O)O)c(OCC(=O)O)c2)o1)[C@@H](CC)N(C=O)OC(=O)c1ccc(F)cc1C(C)C. The van der Waals surface area contributed by atoms with Gasteiger partial charge >= 0.3 is 23.9 Å². The van der Waals surface area contributed by atoms with Gasteiger partial charge in [-0.25, -0.2) is 18.8 Å². The number of hydroxylamine groups is 2. The summed E-state index contributed by atoms with van der Waals surface area (Å²) in [7, 11) is 0. The van der Waals surface area contributed by atoms with Gasteiger partial charge in [-0.15, -0.1) is 0 Å². The first-order chi connectivity index (χ1) is 28.0. The zero-order valence-corrected chi connectivity index (χ0v) is 32.8. The van der Waals surface area contributed by atoms with E-state index in [1.54, 1.807) is 20.8 Å². The van der Waals surface area contributed by atoms with E-state index in [-0.39, 0.29) is 53.0 Å². The summed E-state index contributed by atoms with van der Waals surface area (Å²) in [5, 5.41) is 35.4. The van der Waals surface area contributed by atoms with Gasteiger partial charge in [-0.05, 0) is 66.8 Å². The van der Waals surface area contributed by atoms with Crippen molar-refractivity contribution in [2.75, 3.05) is 13.3 Å². The second-order valence-corrected chi connectivity index (χ2v) is 13.6. The van der Waals surface area contributed by atoms with Gasteiger partial charge in [-0.1, -0.05) is 53.0 Å². The molecular weight excluding hydrogens is 779 g/mol. The van der Waals surface area contributed by atoms with Gasteiger partial charge in [0.1, 0.15) is 23.4 Å². The first kappa shape index (κ1) is 46.6. The Morgan fingerprint density at radius 2 is 1.59 bits per heavy atom. The van der Waals surface area contributed by atoms with Gasteiger partial charge in [-0.3, -0.25) is 24.0 Å². The Labute approximate surface area is 338 Å². The largest absolute Gasteiger partial charge is 0.481 e. The number of ether oxygens (including phenoxy) is 1. The maximum atomic E-state index is 14.0. The molecular formula is C40H47FN4O14. The Hall–Kier alpha value is -6.79. The third kappa shape index (κ3) is 13.4. The molecule has 3 atom stereocenters. The molecule has 2 unspecified atom stereocenters. The summed E-state index contributed by atoms with van der Waals surface area (Å²) >= 11 is 0. The van der Waals surface area contributed by atoms with Crippen LogP contribution in [0.3, 0.4) is 0 Å². The van der Waals surface area contributed by atoms with Gasteiger partial charge < -0.3 is 45.3 Å². The average molecular weight is 827 g/mol. The zero-order valence-electron chi connectivity index (χ0n) is 32.8. The number of rotatable bonds is 24. The third-order valence-corrected chi connectivity index (χ3v) is 9.00. The van der Waals surface area contributed by atoms with E-state index < -0.39 is 78.4 Å². The van der Waals surface area contributed by atoms with Crippen LogP contribution < -0.4 is 20.7 Å². The Morgan fingerprint density at radius 3 is 2.20 bits per heavy atom. The summed E-state index contributed by atoms with van der Waals surface area (Å²) < 4.78 is 24.9. The Balaban J connectivity index is 1.75. The van der Waals surface area contributed by atoms with Crippen molar-refractivity contribution in [2.24, 2.45) is 5.92 Å². The minimum Gasteiger partial charge on any atom is -0.481 e. The Bertz CT molecular complexity index is 2020. The van der Waals surface area contributed by atoms with Crippen LogP contribution in [0.1, 0.15) is 109 Å². The number of aliphatic carboxylic acids is 3. The minimum atomic E-state index is -1.80. The number of nitrogens with one attached hydrogen (secondary N) is 3. The predicted octanol–water partition coefficient (Wildman–Crippen LogP) is 4.34. The summed E-state index contributed by atoms with van der Waals surface area (Å²) in [6.07, 6.45) is 2.10. The van der Waals surface area contributed by atoms with E-state index >= 15 is 0 Å². The van der Waals surface area contributed by atoms with Crippen LogP contribution in [0.2, 0.25) is 0 Å². The number of amides is 4. The van der Waals surface area contributed by atoms with Gasteiger partial charge in [-0.2, -0.15) is 5.06 Å². The summed E-state index contributed by atoms with van der Waals surface area (Å²) in [6, 6.07) is 7.29. The molecule has 0 saturated heterocycles. The van der Waals surface area contributed by atoms with Gasteiger partial charge in [0.25, 0.3) is 11.8 Å². The molecule has 318 valence electrons. The van der Waals surface area contributed by atoms with Crippen molar-refractivity contribution in [1.82, 2.24) is 21.0 Å². The Kier molecular flexibility index (Phi) is 17.6. The van der Waals surface area contributed by atoms with Crippen LogP contribution in [-0.4, -0.2) is 93.8 Å². The lowest BCUT2D eigenvalue weighted by molar-refractivity contribution is -0.171. The van der Waals surface area contributed by atoms with Gasteiger partial charge in [0, 0.05) is 5.56 Å². The van der Waals surface area contributed by atoms with Crippen LogP contribution in [0.25, 0.3) is 11.3 Å². The fraction of sp³-hybridized carbons (Fsp3) is 0.400. The molecule has 3 aromatic rings. The van der Waals surface area contributed by atoms with E-state index in [2.05, 4.69) is 16.0 Å².